The van der Waals surface area contributed by atoms with E-state index in [1.807, 2.05) is 0 Å². The molecule has 0 aliphatic heterocycles. The van der Waals surface area contributed by atoms with E-state index < -0.39 is 0 Å². The van der Waals surface area contributed by atoms with Crippen LogP contribution in [0.25, 0.3) is 0 Å². The minimum atomic E-state index is -0.320. The molecule has 2 nitrogen and oxygen atoms in total. The first-order valence-electron chi connectivity index (χ1n) is 2.04. The Labute approximate surface area is 57.8 Å². The molecule has 0 unspecified atom stereocenters. The largest absolute Gasteiger partial charge is 0.369 e. The van der Waals surface area contributed by atoms with Gasteiger partial charge in [-0.2, -0.15) is 0 Å². The summed E-state index contributed by atoms with van der Waals surface area (Å²) < 4.78 is 0.754. The van der Waals surface area contributed by atoms with Gasteiger partial charge in [0.1, 0.15) is 0 Å². The van der Waals surface area contributed by atoms with E-state index in [-0.39, 0.29) is 5.91 Å². The number of carbonyl (C=O) groups excluding carboxylic acids is 1. The topological polar surface area (TPSA) is 43.1 Å². The molecule has 0 fully saturated rings. The van der Waals surface area contributed by atoms with Crippen molar-refractivity contribution in [3.8, 4) is 0 Å². The van der Waals surface area contributed by atoms with E-state index in [2.05, 4.69) is 12.2 Å². The predicted octanol–water partition coefficient (Wildman–Crippen LogP) is 0.552. The summed E-state index contributed by atoms with van der Waals surface area (Å²) in [5, 5.41) is 0. The molecule has 8 heavy (non-hydrogen) atoms. The summed E-state index contributed by atoms with van der Waals surface area (Å²) in [6.07, 6.45) is 0. The van der Waals surface area contributed by atoms with Crippen LogP contribution in [0.4, 0.5) is 0 Å². The molecular formula is C4H7NOS2. The van der Waals surface area contributed by atoms with E-state index in [0.717, 1.165) is 4.20 Å². The van der Waals surface area contributed by atoms with Crippen molar-refractivity contribution in [1.29, 1.82) is 0 Å². The summed E-state index contributed by atoms with van der Waals surface area (Å²) in [6, 6.07) is 0. The van der Waals surface area contributed by atoms with Crippen molar-refractivity contribution in [1.82, 2.24) is 0 Å². The molecule has 4 heteroatoms. The molecule has 0 saturated heterocycles. The Bertz CT molecular complexity index is 98.6. The average molecular weight is 149 g/mol. The summed E-state index contributed by atoms with van der Waals surface area (Å²) in [7, 11) is 0. The Morgan fingerprint density at radius 3 is 2.50 bits per heavy atom. The third-order valence-electron chi connectivity index (χ3n) is 0.418. The predicted molar refractivity (Wildman–Crippen MR) is 39.9 cm³/mol. The molecule has 0 aromatic heterocycles. The maximum Gasteiger partial charge on any atom is 0.227 e. The maximum absolute atomic E-state index is 10.0. The molecule has 0 saturated carbocycles. The smallest absolute Gasteiger partial charge is 0.227 e. The number of thioether (sulfide) groups is 1. The molecule has 46 valence electrons. The lowest BCUT2D eigenvalue weighted by Gasteiger charge is -1.89. The fourth-order valence-corrected chi connectivity index (χ4v) is 0.695. The number of hydrogen-bond acceptors (Lipinski definition) is 3. The van der Waals surface area contributed by atoms with Crippen molar-refractivity contribution < 1.29 is 4.79 Å². The van der Waals surface area contributed by atoms with Crippen molar-refractivity contribution in [3.63, 3.8) is 0 Å². The lowest BCUT2D eigenvalue weighted by Crippen LogP contribution is -2.13. The van der Waals surface area contributed by atoms with Crippen molar-refractivity contribution in [2.45, 2.75) is 6.92 Å². The molecule has 0 aliphatic carbocycles. The van der Waals surface area contributed by atoms with Gasteiger partial charge in [-0.15, -0.1) is 11.8 Å². The van der Waals surface area contributed by atoms with Crippen LogP contribution in [-0.2, 0) is 4.79 Å². The van der Waals surface area contributed by atoms with Crippen molar-refractivity contribution in [2.24, 2.45) is 5.73 Å². The Kier molecular flexibility index (Phi) is 3.81. The van der Waals surface area contributed by atoms with Gasteiger partial charge in [-0.1, -0.05) is 12.2 Å². The molecule has 0 rings (SSSR count). The maximum atomic E-state index is 10.0. The van der Waals surface area contributed by atoms with Gasteiger partial charge in [0, 0.05) is 4.20 Å². The van der Waals surface area contributed by atoms with Crippen LogP contribution in [0.15, 0.2) is 0 Å². The van der Waals surface area contributed by atoms with Crippen LogP contribution in [0.1, 0.15) is 6.92 Å². The number of carbonyl (C=O) groups is 1. The molecule has 0 aromatic carbocycles. The van der Waals surface area contributed by atoms with Crippen LogP contribution in [0.3, 0.4) is 0 Å². The van der Waals surface area contributed by atoms with Gasteiger partial charge in [0.25, 0.3) is 0 Å². The molecule has 0 aliphatic rings. The average Bonchev–Trinajstić information content (AvgIpc) is 1.61. The van der Waals surface area contributed by atoms with E-state index in [1.165, 1.54) is 11.8 Å². The highest BCUT2D eigenvalue weighted by atomic mass is 32.2. The zero-order valence-corrected chi connectivity index (χ0v) is 6.14. The van der Waals surface area contributed by atoms with Crippen molar-refractivity contribution in [2.75, 3.05) is 5.75 Å². The molecule has 0 bridgehead atoms. The van der Waals surface area contributed by atoms with Crippen LogP contribution in [0.5, 0.6) is 0 Å². The Hall–Kier alpha value is -0.0900. The molecule has 0 spiro atoms. The fourth-order valence-electron chi connectivity index (χ4n) is 0.173. The molecule has 0 radical (unpaired) electrons. The number of nitrogens with two attached hydrogens (primary N) is 1. The Morgan fingerprint density at radius 1 is 1.88 bits per heavy atom. The van der Waals surface area contributed by atoms with Crippen molar-refractivity contribution >= 4 is 34.1 Å². The van der Waals surface area contributed by atoms with Crippen LogP contribution in [0.2, 0.25) is 0 Å². The van der Waals surface area contributed by atoms with Gasteiger partial charge in [0.05, 0.1) is 5.75 Å². The highest BCUT2D eigenvalue weighted by Crippen LogP contribution is 2.00. The quantitative estimate of drug-likeness (QED) is 0.583. The van der Waals surface area contributed by atoms with Gasteiger partial charge in [-0.3, -0.25) is 4.79 Å². The minimum Gasteiger partial charge on any atom is -0.369 e. The molecule has 0 heterocycles. The number of rotatable bonds is 2. The van der Waals surface area contributed by atoms with E-state index in [0.29, 0.717) is 5.75 Å². The third kappa shape index (κ3) is 5.91. The van der Waals surface area contributed by atoms with Gasteiger partial charge >= 0.3 is 0 Å². The number of primary amides is 1. The van der Waals surface area contributed by atoms with Crippen LogP contribution in [0, 0.1) is 0 Å². The normalized spacial score (nSPS) is 8.62. The van der Waals surface area contributed by atoms with Gasteiger partial charge < -0.3 is 5.73 Å². The first-order chi connectivity index (χ1) is 3.63. The van der Waals surface area contributed by atoms with Crippen LogP contribution < -0.4 is 5.73 Å². The Balaban J connectivity index is 3.18. The minimum absolute atomic E-state index is 0.301. The highest BCUT2D eigenvalue weighted by Gasteiger charge is 1.93. The summed E-state index contributed by atoms with van der Waals surface area (Å²) in [5.41, 5.74) is 4.82. The Morgan fingerprint density at radius 2 is 2.38 bits per heavy atom. The van der Waals surface area contributed by atoms with Gasteiger partial charge in [-0.05, 0) is 6.92 Å². The molecule has 0 aromatic rings. The van der Waals surface area contributed by atoms with Gasteiger partial charge in [0.15, 0.2) is 0 Å². The lowest BCUT2D eigenvalue weighted by atomic mass is 10.8. The second-order valence-corrected chi connectivity index (χ2v) is 3.31. The second-order valence-electron chi connectivity index (χ2n) is 1.25. The summed E-state index contributed by atoms with van der Waals surface area (Å²) in [6.45, 7) is 1.77. The zero-order valence-electron chi connectivity index (χ0n) is 4.51. The third-order valence-corrected chi connectivity index (χ3v) is 1.61. The number of amides is 1. The second kappa shape index (κ2) is 3.86. The molecule has 0 atom stereocenters. The van der Waals surface area contributed by atoms with Crippen LogP contribution in [-0.4, -0.2) is 15.9 Å². The molecule has 2 N–H and O–H groups in total. The lowest BCUT2D eigenvalue weighted by molar-refractivity contribution is -0.115. The highest BCUT2D eigenvalue weighted by molar-refractivity contribution is 8.23. The van der Waals surface area contributed by atoms with Gasteiger partial charge in [0.2, 0.25) is 5.91 Å². The summed E-state index contributed by atoms with van der Waals surface area (Å²) in [4.78, 5) is 10.0. The van der Waals surface area contributed by atoms with E-state index in [4.69, 9.17) is 5.73 Å². The van der Waals surface area contributed by atoms with E-state index in [1.54, 1.807) is 6.92 Å². The number of thiocarbonyl (C=S) groups is 1. The standard InChI is InChI=1S/C4H7NOS2/c1-3(7)8-2-4(5)6/h2H2,1H3,(H2,5,6). The SMILES string of the molecule is CC(=S)SCC(N)=O. The fraction of sp³-hybridized carbons (Fsp3) is 0.500. The van der Waals surface area contributed by atoms with Gasteiger partial charge in [-0.25, -0.2) is 0 Å². The monoisotopic (exact) mass is 149 g/mol. The molecular weight excluding hydrogens is 142 g/mol. The number of hydrogen-bond donors (Lipinski definition) is 1. The van der Waals surface area contributed by atoms with E-state index >= 15 is 0 Å². The first-order valence-corrected chi connectivity index (χ1v) is 3.44. The van der Waals surface area contributed by atoms with E-state index in [9.17, 15) is 4.79 Å². The first kappa shape index (κ1) is 7.91. The summed E-state index contributed by atoms with van der Waals surface area (Å²) >= 11 is 5.97. The van der Waals surface area contributed by atoms with Crippen molar-refractivity contribution in [3.05, 3.63) is 0 Å². The van der Waals surface area contributed by atoms with Crippen LogP contribution >= 0.6 is 24.0 Å². The zero-order chi connectivity index (χ0) is 6.57. The molecule has 1 amide bonds. The summed E-state index contributed by atoms with van der Waals surface area (Å²) in [5.74, 6) is -0.0193.